The van der Waals surface area contributed by atoms with Gasteiger partial charge in [0.1, 0.15) is 0 Å². The number of sulfonamides is 1. The molecule has 0 aliphatic carbocycles. The molecule has 0 radical (unpaired) electrons. The molecule has 1 aromatic rings. The van der Waals surface area contributed by atoms with E-state index in [0.717, 1.165) is 5.56 Å². The van der Waals surface area contributed by atoms with Crippen LogP contribution in [0, 0.1) is 0 Å². The summed E-state index contributed by atoms with van der Waals surface area (Å²) in [5.41, 5.74) is 7.01. The summed E-state index contributed by atoms with van der Waals surface area (Å²) < 4.78 is 23.7. The van der Waals surface area contributed by atoms with E-state index in [1.807, 2.05) is 6.07 Å². The third-order valence-corrected chi connectivity index (χ3v) is 3.21. The van der Waals surface area contributed by atoms with E-state index in [0.29, 0.717) is 12.2 Å². The van der Waals surface area contributed by atoms with Crippen LogP contribution in [0.15, 0.2) is 24.3 Å². The van der Waals surface area contributed by atoms with E-state index in [-0.39, 0.29) is 12.4 Å². The Morgan fingerprint density at radius 2 is 2.00 bits per heavy atom. The van der Waals surface area contributed by atoms with Crippen molar-refractivity contribution in [1.82, 2.24) is 0 Å². The number of halogens is 1. The molecule has 0 heterocycles. The number of nitrogens with two attached hydrogens (primary N) is 1. The molecule has 86 valence electrons. The molecule has 4 nitrogen and oxygen atoms in total. The highest BCUT2D eigenvalue weighted by molar-refractivity contribution is 7.92. The topological polar surface area (TPSA) is 63.4 Å². The van der Waals surface area contributed by atoms with E-state index >= 15 is 0 Å². The molecule has 0 amide bonds. The fourth-order valence-corrected chi connectivity index (χ4v) is 1.57. The summed E-state index contributed by atoms with van der Waals surface area (Å²) in [6.07, 6.45) is 1.17. The first kappa shape index (κ1) is 14.2. The predicted molar refractivity (Wildman–Crippen MR) is 64.8 cm³/mol. The van der Waals surface area contributed by atoms with Crippen LogP contribution in [0.5, 0.6) is 0 Å². The molecule has 0 aliphatic rings. The molecule has 0 saturated heterocycles. The fraction of sp³-hybridized carbons (Fsp3) is 0.333. The normalized spacial score (nSPS) is 10.6. The second-order valence-electron chi connectivity index (χ2n) is 3.10. The minimum absolute atomic E-state index is 0. The lowest BCUT2D eigenvalue weighted by atomic mass is 10.2. The van der Waals surface area contributed by atoms with Crippen LogP contribution in [0.4, 0.5) is 5.69 Å². The van der Waals surface area contributed by atoms with E-state index in [4.69, 9.17) is 5.73 Å². The van der Waals surface area contributed by atoms with Crippen LogP contribution in [0.3, 0.4) is 0 Å². The van der Waals surface area contributed by atoms with E-state index in [2.05, 4.69) is 0 Å². The van der Waals surface area contributed by atoms with Gasteiger partial charge >= 0.3 is 0 Å². The molecule has 1 rings (SSSR count). The van der Waals surface area contributed by atoms with Gasteiger partial charge in [0.05, 0.1) is 11.9 Å². The van der Waals surface area contributed by atoms with Gasteiger partial charge in [0.15, 0.2) is 0 Å². The van der Waals surface area contributed by atoms with Crippen molar-refractivity contribution < 1.29 is 8.42 Å². The van der Waals surface area contributed by atoms with Gasteiger partial charge in [0.2, 0.25) is 10.0 Å². The number of hydrogen-bond acceptors (Lipinski definition) is 3. The lowest BCUT2D eigenvalue weighted by Gasteiger charge is -2.16. The smallest absolute Gasteiger partial charge is 0.231 e. The molecule has 0 saturated carbocycles. The van der Waals surface area contributed by atoms with Crippen LogP contribution in [-0.2, 0) is 16.6 Å². The van der Waals surface area contributed by atoms with Crippen molar-refractivity contribution in [1.29, 1.82) is 0 Å². The first-order valence-electron chi connectivity index (χ1n) is 4.18. The van der Waals surface area contributed by atoms with Crippen molar-refractivity contribution in [2.24, 2.45) is 5.73 Å². The summed E-state index contributed by atoms with van der Waals surface area (Å²) in [6.45, 7) is 0.408. The molecule has 0 unspecified atom stereocenters. The van der Waals surface area contributed by atoms with Crippen molar-refractivity contribution in [3.05, 3.63) is 29.8 Å². The molecule has 0 fully saturated rings. The number of rotatable bonds is 3. The zero-order valence-corrected chi connectivity index (χ0v) is 10.3. The summed E-state index contributed by atoms with van der Waals surface area (Å²) in [5, 5.41) is 0. The van der Waals surface area contributed by atoms with Crippen LogP contribution < -0.4 is 10.0 Å². The van der Waals surface area contributed by atoms with Crippen molar-refractivity contribution >= 4 is 28.1 Å². The highest BCUT2D eigenvalue weighted by Gasteiger charge is 2.11. The summed E-state index contributed by atoms with van der Waals surface area (Å²) in [6, 6.07) is 7.15. The molecule has 0 bridgehead atoms. The van der Waals surface area contributed by atoms with Crippen molar-refractivity contribution in [2.75, 3.05) is 17.6 Å². The number of benzene rings is 1. The Morgan fingerprint density at radius 3 is 2.47 bits per heavy atom. The number of nitrogens with zero attached hydrogens (tertiary/aromatic N) is 1. The highest BCUT2D eigenvalue weighted by atomic mass is 35.5. The quantitative estimate of drug-likeness (QED) is 0.869. The molecule has 6 heteroatoms. The Balaban J connectivity index is 0.00000196. The van der Waals surface area contributed by atoms with Gasteiger partial charge in [0, 0.05) is 13.6 Å². The standard InChI is InChI=1S/C9H14N2O2S.ClH/c1-11(14(2,12)13)9-5-3-4-8(6-9)7-10;/h3-6H,7,10H2,1-2H3;1H. The summed E-state index contributed by atoms with van der Waals surface area (Å²) in [7, 11) is -1.67. The van der Waals surface area contributed by atoms with Gasteiger partial charge in [0.25, 0.3) is 0 Å². The first-order chi connectivity index (χ1) is 6.45. The van der Waals surface area contributed by atoms with Gasteiger partial charge in [-0.2, -0.15) is 0 Å². The van der Waals surface area contributed by atoms with E-state index in [9.17, 15) is 8.42 Å². The average Bonchev–Trinajstić information content (AvgIpc) is 2.15. The number of anilines is 1. The molecule has 0 spiro atoms. The lowest BCUT2D eigenvalue weighted by Crippen LogP contribution is -2.24. The van der Waals surface area contributed by atoms with Gasteiger partial charge in [-0.25, -0.2) is 8.42 Å². The third-order valence-electron chi connectivity index (χ3n) is 2.01. The Labute approximate surface area is 96.5 Å². The van der Waals surface area contributed by atoms with Crippen LogP contribution in [0.25, 0.3) is 0 Å². The maximum absolute atomic E-state index is 11.2. The van der Waals surface area contributed by atoms with E-state index in [1.54, 1.807) is 18.2 Å². The second kappa shape index (κ2) is 5.34. The summed E-state index contributed by atoms with van der Waals surface area (Å²) in [4.78, 5) is 0. The summed E-state index contributed by atoms with van der Waals surface area (Å²) in [5.74, 6) is 0. The summed E-state index contributed by atoms with van der Waals surface area (Å²) >= 11 is 0. The third kappa shape index (κ3) is 3.70. The van der Waals surface area contributed by atoms with Gasteiger partial charge < -0.3 is 5.73 Å². The molecule has 2 N–H and O–H groups in total. The maximum Gasteiger partial charge on any atom is 0.231 e. The van der Waals surface area contributed by atoms with Gasteiger partial charge in [-0.15, -0.1) is 12.4 Å². The van der Waals surface area contributed by atoms with Gasteiger partial charge in [-0.3, -0.25) is 4.31 Å². The second-order valence-corrected chi connectivity index (χ2v) is 5.12. The fourth-order valence-electron chi connectivity index (χ4n) is 1.07. The molecule has 0 atom stereocenters. The zero-order valence-electron chi connectivity index (χ0n) is 8.67. The molecule has 0 aromatic heterocycles. The molecule has 1 aromatic carbocycles. The first-order valence-corrected chi connectivity index (χ1v) is 6.03. The van der Waals surface area contributed by atoms with Crippen molar-refractivity contribution in [2.45, 2.75) is 6.54 Å². The Bertz CT molecular complexity index is 420. The van der Waals surface area contributed by atoms with Gasteiger partial charge in [-0.05, 0) is 17.7 Å². The van der Waals surface area contributed by atoms with Crippen LogP contribution in [0.1, 0.15) is 5.56 Å². The van der Waals surface area contributed by atoms with Gasteiger partial charge in [-0.1, -0.05) is 12.1 Å². The largest absolute Gasteiger partial charge is 0.326 e. The lowest BCUT2D eigenvalue weighted by molar-refractivity contribution is 0.600. The highest BCUT2D eigenvalue weighted by Crippen LogP contribution is 2.16. The van der Waals surface area contributed by atoms with E-state index in [1.165, 1.54) is 17.6 Å². The van der Waals surface area contributed by atoms with Crippen LogP contribution in [0.2, 0.25) is 0 Å². The minimum Gasteiger partial charge on any atom is -0.326 e. The Kier molecular flexibility index (Phi) is 5.07. The SMILES string of the molecule is CN(c1cccc(CN)c1)S(C)(=O)=O.Cl. The van der Waals surface area contributed by atoms with Crippen LogP contribution >= 0.6 is 12.4 Å². The minimum atomic E-state index is -3.19. The van der Waals surface area contributed by atoms with Crippen molar-refractivity contribution in [3.8, 4) is 0 Å². The van der Waals surface area contributed by atoms with E-state index < -0.39 is 10.0 Å². The van der Waals surface area contributed by atoms with Crippen molar-refractivity contribution in [3.63, 3.8) is 0 Å². The molecular formula is C9H15ClN2O2S. The number of hydrogen-bond donors (Lipinski definition) is 1. The average molecular weight is 251 g/mol. The molecular weight excluding hydrogens is 236 g/mol. The van der Waals surface area contributed by atoms with Crippen LogP contribution in [-0.4, -0.2) is 21.7 Å². The monoisotopic (exact) mass is 250 g/mol. The predicted octanol–water partition coefficient (Wildman–Crippen LogP) is 0.963. The zero-order chi connectivity index (χ0) is 10.8. The maximum atomic E-state index is 11.2. The molecule has 0 aliphatic heterocycles. The molecule has 15 heavy (non-hydrogen) atoms. The Hall–Kier alpha value is -0.780. The Morgan fingerprint density at radius 1 is 1.40 bits per heavy atom.